The van der Waals surface area contributed by atoms with Gasteiger partial charge < -0.3 is 10.1 Å². The lowest BCUT2D eigenvalue weighted by Gasteiger charge is -2.36. The second-order valence-electron chi connectivity index (χ2n) is 7.05. The molecule has 3 nitrogen and oxygen atoms in total. The normalized spacial score (nSPS) is 18.6. The molecular formula is C21H18ClF5N2O. The van der Waals surface area contributed by atoms with Gasteiger partial charge in [-0.1, -0.05) is 0 Å². The van der Waals surface area contributed by atoms with Crippen molar-refractivity contribution in [2.45, 2.75) is 37.7 Å². The van der Waals surface area contributed by atoms with E-state index in [4.69, 9.17) is 4.74 Å². The first-order chi connectivity index (χ1) is 13.8. The van der Waals surface area contributed by atoms with Gasteiger partial charge in [0.05, 0.1) is 5.56 Å². The summed E-state index contributed by atoms with van der Waals surface area (Å²) in [5.74, 6) is -1.66. The molecule has 1 heterocycles. The summed E-state index contributed by atoms with van der Waals surface area (Å²) in [6, 6.07) is 7.51. The standard InChI is InChI=1S/C21H17F5N2O.ClH/c22-19-3-1-12-10-27-6-5-16(12)17(19)11-28-13-7-15(8-13)29-14-2-4-20(23)18(9-14)21(24,25)26;/h1-6,9-10,13,15,28H,7-8,11H2;1H. The molecule has 1 N–H and O–H groups in total. The maximum Gasteiger partial charge on any atom is 0.419 e. The highest BCUT2D eigenvalue weighted by atomic mass is 35.5. The zero-order valence-corrected chi connectivity index (χ0v) is 16.4. The van der Waals surface area contributed by atoms with Gasteiger partial charge in [0.15, 0.2) is 0 Å². The fourth-order valence-corrected chi connectivity index (χ4v) is 3.45. The number of benzene rings is 2. The van der Waals surface area contributed by atoms with E-state index >= 15 is 0 Å². The van der Waals surface area contributed by atoms with Gasteiger partial charge in [-0.3, -0.25) is 4.98 Å². The first-order valence-corrected chi connectivity index (χ1v) is 9.09. The zero-order chi connectivity index (χ0) is 20.6. The second kappa shape index (κ2) is 8.73. The van der Waals surface area contributed by atoms with Gasteiger partial charge in [0.2, 0.25) is 0 Å². The number of pyridine rings is 1. The predicted molar refractivity (Wildman–Crippen MR) is 105 cm³/mol. The lowest BCUT2D eigenvalue weighted by atomic mass is 9.89. The molecule has 1 aliphatic rings. The van der Waals surface area contributed by atoms with Gasteiger partial charge in [-0.25, -0.2) is 8.78 Å². The van der Waals surface area contributed by atoms with Crippen LogP contribution in [-0.4, -0.2) is 17.1 Å². The summed E-state index contributed by atoms with van der Waals surface area (Å²) in [7, 11) is 0. The maximum absolute atomic E-state index is 14.2. The Morgan fingerprint density at radius 2 is 1.77 bits per heavy atom. The summed E-state index contributed by atoms with van der Waals surface area (Å²) in [5, 5.41) is 4.88. The third kappa shape index (κ3) is 4.65. The molecule has 0 saturated heterocycles. The number of hydrogen-bond acceptors (Lipinski definition) is 3. The second-order valence-corrected chi connectivity index (χ2v) is 7.05. The van der Waals surface area contributed by atoms with Crippen molar-refractivity contribution in [1.29, 1.82) is 0 Å². The lowest BCUT2D eigenvalue weighted by Crippen LogP contribution is -2.46. The van der Waals surface area contributed by atoms with Crippen LogP contribution in [0.5, 0.6) is 5.75 Å². The van der Waals surface area contributed by atoms with E-state index in [-0.39, 0.29) is 36.1 Å². The first kappa shape index (κ1) is 22.2. The number of aromatic nitrogens is 1. The summed E-state index contributed by atoms with van der Waals surface area (Å²) in [6.07, 6.45) is -0.648. The van der Waals surface area contributed by atoms with Crippen LogP contribution < -0.4 is 10.1 Å². The molecule has 9 heteroatoms. The topological polar surface area (TPSA) is 34.1 Å². The van der Waals surface area contributed by atoms with Crippen LogP contribution in [0, 0.1) is 11.6 Å². The number of alkyl halides is 3. The molecule has 2 aromatic carbocycles. The van der Waals surface area contributed by atoms with E-state index in [0.29, 0.717) is 31.0 Å². The van der Waals surface area contributed by atoms with E-state index in [2.05, 4.69) is 10.3 Å². The van der Waals surface area contributed by atoms with Crippen LogP contribution >= 0.6 is 12.4 Å². The van der Waals surface area contributed by atoms with Crippen LogP contribution in [-0.2, 0) is 12.7 Å². The Labute approximate surface area is 175 Å². The highest BCUT2D eigenvalue weighted by Crippen LogP contribution is 2.35. The monoisotopic (exact) mass is 444 g/mol. The lowest BCUT2D eigenvalue weighted by molar-refractivity contribution is -0.140. The first-order valence-electron chi connectivity index (χ1n) is 9.09. The Bertz CT molecular complexity index is 1040. The third-order valence-electron chi connectivity index (χ3n) is 5.08. The molecule has 4 rings (SSSR count). The van der Waals surface area contributed by atoms with Crippen LogP contribution in [0.15, 0.2) is 48.8 Å². The molecule has 30 heavy (non-hydrogen) atoms. The minimum atomic E-state index is -4.77. The molecular weight excluding hydrogens is 427 g/mol. The van der Waals surface area contributed by atoms with Crippen molar-refractivity contribution in [3.63, 3.8) is 0 Å². The molecule has 1 fully saturated rings. The number of nitrogens with one attached hydrogen (secondary N) is 1. The van der Waals surface area contributed by atoms with Crippen molar-refractivity contribution < 1.29 is 26.7 Å². The van der Waals surface area contributed by atoms with E-state index in [1.54, 1.807) is 24.5 Å². The smallest absolute Gasteiger partial charge is 0.419 e. The van der Waals surface area contributed by atoms with E-state index in [0.717, 1.165) is 16.8 Å². The molecule has 0 bridgehead atoms. The minimum absolute atomic E-state index is 0. The SMILES string of the molecule is Cl.Fc1ccc(OC2CC(NCc3c(F)ccc4cnccc34)C2)cc1C(F)(F)F. The summed E-state index contributed by atoms with van der Waals surface area (Å²) in [5.41, 5.74) is -0.799. The van der Waals surface area contributed by atoms with Crippen LogP contribution in [0.25, 0.3) is 10.8 Å². The minimum Gasteiger partial charge on any atom is -0.490 e. The molecule has 0 unspecified atom stereocenters. The zero-order valence-electron chi connectivity index (χ0n) is 15.5. The number of nitrogens with zero attached hydrogens (tertiary/aromatic N) is 1. The van der Waals surface area contributed by atoms with Crippen molar-refractivity contribution >= 4 is 23.2 Å². The molecule has 1 aliphatic carbocycles. The number of ether oxygens (including phenoxy) is 1. The van der Waals surface area contributed by atoms with Gasteiger partial charge in [0.1, 0.15) is 23.5 Å². The van der Waals surface area contributed by atoms with Crippen molar-refractivity contribution in [1.82, 2.24) is 10.3 Å². The maximum atomic E-state index is 14.2. The largest absolute Gasteiger partial charge is 0.490 e. The molecule has 1 aromatic heterocycles. The van der Waals surface area contributed by atoms with Gasteiger partial charge >= 0.3 is 6.18 Å². The van der Waals surface area contributed by atoms with Gasteiger partial charge in [0, 0.05) is 35.9 Å². The van der Waals surface area contributed by atoms with Gasteiger partial charge in [-0.2, -0.15) is 13.2 Å². The predicted octanol–water partition coefficient (Wildman–Crippen LogP) is 5.65. The van der Waals surface area contributed by atoms with Crippen molar-refractivity contribution in [2.75, 3.05) is 0 Å². The van der Waals surface area contributed by atoms with E-state index < -0.39 is 17.6 Å². The Morgan fingerprint density at radius 1 is 1.03 bits per heavy atom. The molecule has 0 radical (unpaired) electrons. The van der Waals surface area contributed by atoms with Crippen molar-refractivity contribution in [3.05, 3.63) is 71.6 Å². The molecule has 1 saturated carbocycles. The van der Waals surface area contributed by atoms with Gasteiger partial charge in [0.25, 0.3) is 0 Å². The number of hydrogen-bond donors (Lipinski definition) is 1. The molecule has 0 aliphatic heterocycles. The number of fused-ring (bicyclic) bond motifs is 1. The Kier molecular flexibility index (Phi) is 6.47. The van der Waals surface area contributed by atoms with Crippen molar-refractivity contribution in [3.8, 4) is 5.75 Å². The fourth-order valence-electron chi connectivity index (χ4n) is 3.45. The number of halogens is 6. The molecule has 160 valence electrons. The number of rotatable bonds is 5. The van der Waals surface area contributed by atoms with E-state index in [1.807, 2.05) is 0 Å². The average molecular weight is 445 g/mol. The molecule has 0 spiro atoms. The highest BCUT2D eigenvalue weighted by Gasteiger charge is 2.35. The summed E-state index contributed by atoms with van der Waals surface area (Å²) >= 11 is 0. The summed E-state index contributed by atoms with van der Waals surface area (Å²) in [4.78, 5) is 4.03. The molecule has 0 atom stereocenters. The van der Waals surface area contributed by atoms with Crippen LogP contribution in [0.2, 0.25) is 0 Å². The van der Waals surface area contributed by atoms with Crippen LogP contribution in [0.1, 0.15) is 24.0 Å². The third-order valence-corrected chi connectivity index (χ3v) is 5.08. The average Bonchev–Trinajstić information content (AvgIpc) is 2.65. The fraction of sp³-hybridized carbons (Fsp3) is 0.286. The van der Waals surface area contributed by atoms with Gasteiger partial charge in [-0.05, 0) is 54.6 Å². The summed E-state index contributed by atoms with van der Waals surface area (Å²) in [6.45, 7) is 0.319. The van der Waals surface area contributed by atoms with Crippen LogP contribution in [0.3, 0.4) is 0 Å². The Balaban J connectivity index is 0.00000256. The van der Waals surface area contributed by atoms with E-state index in [9.17, 15) is 22.0 Å². The molecule has 3 aromatic rings. The highest BCUT2D eigenvalue weighted by molar-refractivity contribution is 5.85. The Hall–Kier alpha value is -2.45. The van der Waals surface area contributed by atoms with E-state index in [1.165, 1.54) is 12.1 Å². The quantitative estimate of drug-likeness (QED) is 0.516. The van der Waals surface area contributed by atoms with Crippen molar-refractivity contribution in [2.24, 2.45) is 0 Å². The molecule has 0 amide bonds. The van der Waals surface area contributed by atoms with Gasteiger partial charge in [-0.15, -0.1) is 12.4 Å². The van der Waals surface area contributed by atoms with Crippen LogP contribution in [0.4, 0.5) is 22.0 Å². The summed E-state index contributed by atoms with van der Waals surface area (Å²) < 4.78 is 71.5. The Morgan fingerprint density at radius 3 is 2.50 bits per heavy atom.